The second-order valence-corrected chi connectivity index (χ2v) is 4.91. The molecule has 1 atom stereocenters. The molecule has 108 valence electrons. The number of carbonyl (C=O) groups excluding carboxylic acids is 1. The van der Waals surface area contributed by atoms with Crippen molar-refractivity contribution in [2.75, 3.05) is 20.3 Å². The Balaban J connectivity index is 2.47. The summed E-state index contributed by atoms with van der Waals surface area (Å²) in [6, 6.07) is -0.268. The van der Waals surface area contributed by atoms with E-state index in [2.05, 4.69) is 24.1 Å². The quantitative estimate of drug-likeness (QED) is 0.698. The van der Waals surface area contributed by atoms with Gasteiger partial charge in [-0.1, -0.05) is 13.8 Å². The Labute approximate surface area is 113 Å². The Morgan fingerprint density at radius 1 is 1.58 bits per heavy atom. The largest absolute Gasteiger partial charge is 0.446 e. The predicted octanol–water partition coefficient (Wildman–Crippen LogP) is 1.49. The molecule has 0 spiro atoms. The highest BCUT2D eigenvalue weighted by atomic mass is 16.5. The van der Waals surface area contributed by atoms with Crippen LogP contribution in [0, 0.1) is 5.92 Å². The lowest BCUT2D eigenvalue weighted by atomic mass is 10.0. The van der Waals surface area contributed by atoms with Crippen molar-refractivity contribution in [3.8, 4) is 0 Å². The smallest absolute Gasteiger partial charge is 0.273 e. The average molecular weight is 269 g/mol. The lowest BCUT2D eigenvalue weighted by Gasteiger charge is -2.09. The molecule has 0 bridgehead atoms. The van der Waals surface area contributed by atoms with Gasteiger partial charge in [-0.15, -0.1) is 0 Å². The Hall–Kier alpha value is -1.40. The van der Waals surface area contributed by atoms with Crippen molar-refractivity contribution in [1.29, 1.82) is 0 Å². The zero-order chi connectivity index (χ0) is 14.3. The number of amides is 1. The lowest BCUT2D eigenvalue weighted by molar-refractivity contribution is 0.0943. The van der Waals surface area contributed by atoms with Gasteiger partial charge in [0.25, 0.3) is 5.91 Å². The van der Waals surface area contributed by atoms with E-state index in [1.807, 2.05) is 0 Å². The molecule has 1 rings (SSSR count). The molecule has 3 N–H and O–H groups in total. The first-order valence-electron chi connectivity index (χ1n) is 6.52. The number of methoxy groups -OCH3 is 1. The minimum Gasteiger partial charge on any atom is -0.446 e. The van der Waals surface area contributed by atoms with Crippen LogP contribution < -0.4 is 11.1 Å². The number of hydrogen-bond donors (Lipinski definition) is 2. The summed E-state index contributed by atoms with van der Waals surface area (Å²) in [5.41, 5.74) is 6.21. The van der Waals surface area contributed by atoms with E-state index < -0.39 is 0 Å². The topological polar surface area (TPSA) is 90.4 Å². The number of hydrogen-bond acceptors (Lipinski definition) is 5. The van der Waals surface area contributed by atoms with Crippen LogP contribution in [0.1, 0.15) is 49.1 Å². The van der Waals surface area contributed by atoms with Gasteiger partial charge in [-0.25, -0.2) is 4.98 Å². The fourth-order valence-electron chi connectivity index (χ4n) is 1.68. The second kappa shape index (κ2) is 7.91. The zero-order valence-corrected chi connectivity index (χ0v) is 11.8. The van der Waals surface area contributed by atoms with Crippen LogP contribution in [-0.2, 0) is 4.74 Å². The Morgan fingerprint density at radius 3 is 2.95 bits per heavy atom. The van der Waals surface area contributed by atoms with Gasteiger partial charge in [0.1, 0.15) is 6.26 Å². The monoisotopic (exact) mass is 269 g/mol. The van der Waals surface area contributed by atoms with Gasteiger partial charge in [-0.05, 0) is 18.8 Å². The molecule has 0 aliphatic heterocycles. The minimum atomic E-state index is -0.268. The molecule has 1 amide bonds. The SMILES string of the molecule is COCCCNC(=O)c1coc(C(N)CC(C)C)n1. The van der Waals surface area contributed by atoms with Crippen molar-refractivity contribution >= 4 is 5.91 Å². The number of nitrogens with two attached hydrogens (primary N) is 1. The van der Waals surface area contributed by atoms with Crippen molar-refractivity contribution in [1.82, 2.24) is 10.3 Å². The van der Waals surface area contributed by atoms with Crippen LogP contribution in [-0.4, -0.2) is 31.2 Å². The average Bonchev–Trinajstić information content (AvgIpc) is 2.83. The van der Waals surface area contributed by atoms with Crippen LogP contribution in [0.5, 0.6) is 0 Å². The summed E-state index contributed by atoms with van der Waals surface area (Å²) in [7, 11) is 1.63. The Morgan fingerprint density at radius 2 is 2.32 bits per heavy atom. The number of oxazole rings is 1. The fraction of sp³-hybridized carbons (Fsp3) is 0.692. The first-order chi connectivity index (χ1) is 9.04. The number of nitrogens with zero attached hydrogens (tertiary/aromatic N) is 1. The van der Waals surface area contributed by atoms with E-state index in [4.69, 9.17) is 14.9 Å². The molecule has 0 saturated carbocycles. The molecule has 0 aliphatic carbocycles. The molecule has 0 aliphatic rings. The summed E-state index contributed by atoms with van der Waals surface area (Å²) in [5.74, 6) is 0.617. The van der Waals surface area contributed by atoms with E-state index in [-0.39, 0.29) is 17.6 Å². The second-order valence-electron chi connectivity index (χ2n) is 4.91. The van der Waals surface area contributed by atoms with Gasteiger partial charge in [0.15, 0.2) is 5.69 Å². The van der Waals surface area contributed by atoms with Crippen LogP contribution in [0.15, 0.2) is 10.7 Å². The van der Waals surface area contributed by atoms with Crippen LogP contribution in [0.3, 0.4) is 0 Å². The highest BCUT2D eigenvalue weighted by Crippen LogP contribution is 2.17. The summed E-state index contributed by atoms with van der Waals surface area (Å²) in [5, 5.41) is 2.74. The fourth-order valence-corrected chi connectivity index (χ4v) is 1.68. The molecule has 6 nitrogen and oxygen atoms in total. The normalized spacial score (nSPS) is 12.7. The maximum atomic E-state index is 11.8. The predicted molar refractivity (Wildman–Crippen MR) is 71.7 cm³/mol. The van der Waals surface area contributed by atoms with Crippen LogP contribution >= 0.6 is 0 Å². The van der Waals surface area contributed by atoms with Crippen LogP contribution in [0.25, 0.3) is 0 Å². The van der Waals surface area contributed by atoms with E-state index >= 15 is 0 Å². The molecule has 1 heterocycles. The van der Waals surface area contributed by atoms with Gasteiger partial charge in [0, 0.05) is 20.3 Å². The number of carbonyl (C=O) groups is 1. The van der Waals surface area contributed by atoms with Gasteiger partial charge in [-0.2, -0.15) is 0 Å². The van der Waals surface area contributed by atoms with Gasteiger partial charge in [0.05, 0.1) is 6.04 Å². The third-order valence-electron chi connectivity index (χ3n) is 2.61. The van der Waals surface area contributed by atoms with E-state index in [0.717, 1.165) is 12.8 Å². The lowest BCUT2D eigenvalue weighted by Crippen LogP contribution is -2.25. The first kappa shape index (κ1) is 15.7. The highest BCUT2D eigenvalue weighted by molar-refractivity contribution is 5.91. The number of ether oxygens (including phenoxy) is 1. The maximum absolute atomic E-state index is 11.8. The third-order valence-corrected chi connectivity index (χ3v) is 2.61. The molecular formula is C13H23N3O3. The van der Waals surface area contributed by atoms with Crippen molar-refractivity contribution < 1.29 is 13.9 Å². The number of aromatic nitrogens is 1. The van der Waals surface area contributed by atoms with Crippen molar-refractivity contribution in [3.63, 3.8) is 0 Å². The third kappa shape index (κ3) is 5.40. The molecule has 6 heteroatoms. The molecule has 1 aromatic rings. The van der Waals surface area contributed by atoms with Gasteiger partial charge in [0.2, 0.25) is 5.89 Å². The molecule has 19 heavy (non-hydrogen) atoms. The van der Waals surface area contributed by atoms with Gasteiger partial charge in [-0.3, -0.25) is 4.79 Å². The minimum absolute atomic E-state index is 0.247. The molecule has 0 radical (unpaired) electrons. The summed E-state index contributed by atoms with van der Waals surface area (Å²) in [6.07, 6.45) is 2.89. The standard InChI is InChI=1S/C13H23N3O3/c1-9(2)7-10(14)13-16-11(8-19-13)12(17)15-5-4-6-18-3/h8-10H,4-7,14H2,1-3H3,(H,15,17). The van der Waals surface area contributed by atoms with Gasteiger partial charge >= 0.3 is 0 Å². The zero-order valence-electron chi connectivity index (χ0n) is 11.8. The molecule has 1 unspecified atom stereocenters. The molecule has 0 fully saturated rings. The van der Waals surface area contributed by atoms with Crippen LogP contribution in [0.2, 0.25) is 0 Å². The van der Waals surface area contributed by atoms with E-state index in [1.165, 1.54) is 6.26 Å². The summed E-state index contributed by atoms with van der Waals surface area (Å²) >= 11 is 0. The molecule has 0 aromatic carbocycles. The Kier molecular flexibility index (Phi) is 6.52. The van der Waals surface area contributed by atoms with Crippen molar-refractivity contribution in [2.45, 2.75) is 32.7 Å². The van der Waals surface area contributed by atoms with Gasteiger partial charge < -0.3 is 20.2 Å². The summed E-state index contributed by atoms with van der Waals surface area (Å²) < 4.78 is 10.2. The van der Waals surface area contributed by atoms with Crippen molar-refractivity contribution in [2.24, 2.45) is 11.7 Å². The molecule has 1 aromatic heterocycles. The summed E-state index contributed by atoms with van der Waals surface area (Å²) in [6.45, 7) is 5.31. The molecular weight excluding hydrogens is 246 g/mol. The van der Waals surface area contributed by atoms with E-state index in [9.17, 15) is 4.79 Å². The van der Waals surface area contributed by atoms with Crippen LogP contribution in [0.4, 0.5) is 0 Å². The Bertz CT molecular complexity index is 390. The number of nitrogens with one attached hydrogen (secondary N) is 1. The summed E-state index contributed by atoms with van der Waals surface area (Å²) in [4.78, 5) is 15.9. The van der Waals surface area contributed by atoms with E-state index in [1.54, 1.807) is 7.11 Å². The van der Waals surface area contributed by atoms with E-state index in [0.29, 0.717) is 25.0 Å². The first-order valence-corrected chi connectivity index (χ1v) is 6.52. The maximum Gasteiger partial charge on any atom is 0.273 e. The highest BCUT2D eigenvalue weighted by Gasteiger charge is 2.17. The number of rotatable bonds is 8. The van der Waals surface area contributed by atoms with Crippen molar-refractivity contribution in [3.05, 3.63) is 17.8 Å². The molecule has 0 saturated heterocycles.